The lowest BCUT2D eigenvalue weighted by atomic mass is 9.77. The molecular weight excluding hydrogens is 422 g/mol. The Morgan fingerprint density at radius 1 is 1.06 bits per heavy atom. The van der Waals surface area contributed by atoms with Gasteiger partial charge in [-0.3, -0.25) is 4.79 Å². The van der Waals surface area contributed by atoms with E-state index in [0.29, 0.717) is 12.8 Å². The van der Waals surface area contributed by atoms with Crippen LogP contribution in [0.15, 0.2) is 42.5 Å². The Morgan fingerprint density at radius 2 is 1.73 bits per heavy atom. The van der Waals surface area contributed by atoms with E-state index in [2.05, 4.69) is 79.9 Å². The van der Waals surface area contributed by atoms with E-state index < -0.39 is 8.07 Å². The highest BCUT2D eigenvalue weighted by atomic mass is 28.3. The van der Waals surface area contributed by atoms with Crippen molar-refractivity contribution in [3.63, 3.8) is 0 Å². The molecule has 0 fully saturated rings. The maximum absolute atomic E-state index is 11.3. The number of aryl methyl sites for hydroxylation is 1. The maximum atomic E-state index is 11.3. The van der Waals surface area contributed by atoms with Crippen molar-refractivity contribution in [2.45, 2.75) is 58.2 Å². The van der Waals surface area contributed by atoms with Gasteiger partial charge in [-0.05, 0) is 59.7 Å². The van der Waals surface area contributed by atoms with E-state index in [9.17, 15) is 4.79 Å². The Labute approximate surface area is 200 Å². The van der Waals surface area contributed by atoms with Crippen LogP contribution in [0.1, 0.15) is 48.9 Å². The quantitative estimate of drug-likeness (QED) is 0.342. The number of benzene rings is 2. The van der Waals surface area contributed by atoms with Crippen molar-refractivity contribution in [2.24, 2.45) is 0 Å². The fourth-order valence-electron chi connectivity index (χ4n) is 3.91. The van der Waals surface area contributed by atoms with Crippen molar-refractivity contribution in [2.75, 3.05) is 25.1 Å². The number of esters is 1. The van der Waals surface area contributed by atoms with Crippen LogP contribution in [0.2, 0.25) is 19.6 Å². The molecule has 0 N–H and O–H groups in total. The highest BCUT2D eigenvalue weighted by Gasteiger charge is 2.31. The fraction of sp³-hybridized carbons (Fsp3) is 0.414. The van der Waals surface area contributed by atoms with Crippen LogP contribution >= 0.6 is 0 Å². The van der Waals surface area contributed by atoms with Crippen LogP contribution in [0.5, 0.6) is 0 Å². The highest BCUT2D eigenvalue weighted by Crippen LogP contribution is 2.39. The van der Waals surface area contributed by atoms with Gasteiger partial charge in [0, 0.05) is 29.8 Å². The van der Waals surface area contributed by atoms with Crippen molar-refractivity contribution in [3.8, 4) is 23.3 Å². The van der Waals surface area contributed by atoms with E-state index in [1.807, 2.05) is 24.3 Å². The summed E-state index contributed by atoms with van der Waals surface area (Å²) in [4.78, 5) is 13.7. The summed E-state index contributed by atoms with van der Waals surface area (Å²) in [7, 11) is 0.0640. The van der Waals surface area contributed by atoms with Crippen molar-refractivity contribution in [3.05, 3.63) is 64.7 Å². The topological polar surface area (TPSA) is 29.5 Å². The second-order valence-corrected chi connectivity index (χ2v) is 15.1. The predicted molar refractivity (Wildman–Crippen MR) is 140 cm³/mol. The summed E-state index contributed by atoms with van der Waals surface area (Å²) in [6.45, 7) is 13.3. The Morgan fingerprint density at radius 3 is 2.39 bits per heavy atom. The third-order valence-electron chi connectivity index (χ3n) is 5.96. The van der Waals surface area contributed by atoms with Gasteiger partial charge in [-0.25, -0.2) is 0 Å². The molecule has 4 heteroatoms. The van der Waals surface area contributed by atoms with Gasteiger partial charge in [0.1, 0.15) is 8.07 Å². The largest absolute Gasteiger partial charge is 0.469 e. The minimum atomic E-state index is -1.36. The summed E-state index contributed by atoms with van der Waals surface area (Å²) >= 11 is 0. The molecule has 172 valence electrons. The average Bonchev–Trinajstić information content (AvgIpc) is 2.77. The molecule has 0 saturated carbocycles. The number of fused-ring (bicyclic) bond motifs is 1. The van der Waals surface area contributed by atoms with Gasteiger partial charge in [0.2, 0.25) is 0 Å². The Hall–Kier alpha value is -2.95. The lowest BCUT2D eigenvalue weighted by molar-refractivity contribution is -0.140. The number of hydrogen-bond donors (Lipinski definition) is 0. The summed E-state index contributed by atoms with van der Waals surface area (Å²) in [6, 6.07) is 14.7. The van der Waals surface area contributed by atoms with Gasteiger partial charge >= 0.3 is 5.97 Å². The van der Waals surface area contributed by atoms with Gasteiger partial charge in [0.15, 0.2) is 0 Å². The van der Waals surface area contributed by atoms with Crippen molar-refractivity contribution < 1.29 is 9.53 Å². The number of methoxy groups -OCH3 is 1. The summed E-state index contributed by atoms with van der Waals surface area (Å²) < 4.78 is 4.71. The average molecular weight is 458 g/mol. The van der Waals surface area contributed by atoms with E-state index in [1.165, 1.54) is 18.4 Å². The predicted octanol–water partition coefficient (Wildman–Crippen LogP) is 5.56. The molecule has 0 atom stereocenters. The first-order valence-electron chi connectivity index (χ1n) is 11.6. The molecule has 1 aliphatic heterocycles. The van der Waals surface area contributed by atoms with Crippen molar-refractivity contribution >= 4 is 19.7 Å². The van der Waals surface area contributed by atoms with Gasteiger partial charge in [-0.2, -0.15) is 0 Å². The van der Waals surface area contributed by atoms with Crippen LogP contribution in [0.3, 0.4) is 0 Å². The van der Waals surface area contributed by atoms with Gasteiger partial charge < -0.3 is 9.64 Å². The Kier molecular flexibility index (Phi) is 7.72. The molecule has 0 saturated heterocycles. The molecule has 2 aromatic carbocycles. The van der Waals surface area contributed by atoms with Crippen LogP contribution < -0.4 is 4.90 Å². The molecular formula is C29H35NO2Si. The molecule has 2 aromatic rings. The number of carbonyl (C=O) groups excluding carboxylic acids is 1. The first-order chi connectivity index (χ1) is 15.6. The first kappa shape index (κ1) is 24.7. The molecule has 0 radical (unpaired) electrons. The smallest absolute Gasteiger partial charge is 0.305 e. The number of rotatable bonds is 4. The molecule has 3 rings (SSSR count). The lowest BCUT2D eigenvalue weighted by Gasteiger charge is -2.39. The number of carbonyl (C=O) groups is 1. The third-order valence-corrected chi connectivity index (χ3v) is 6.88. The Bertz CT molecular complexity index is 1120. The summed E-state index contributed by atoms with van der Waals surface area (Å²) in [5.41, 5.74) is 9.37. The van der Waals surface area contributed by atoms with Crippen LogP contribution in [-0.4, -0.2) is 34.2 Å². The van der Waals surface area contributed by atoms with Crippen LogP contribution in [0.4, 0.5) is 5.69 Å². The second-order valence-electron chi connectivity index (χ2n) is 10.4. The summed E-state index contributed by atoms with van der Waals surface area (Å²) in [6.07, 6.45) is 2.19. The van der Waals surface area contributed by atoms with Gasteiger partial charge in [-0.15, -0.1) is 5.54 Å². The highest BCUT2D eigenvalue weighted by molar-refractivity contribution is 6.83. The van der Waals surface area contributed by atoms with E-state index in [0.717, 1.165) is 36.2 Å². The molecule has 0 unspecified atom stereocenters. The fourth-order valence-corrected chi connectivity index (χ4v) is 4.52. The zero-order valence-corrected chi connectivity index (χ0v) is 21.8. The van der Waals surface area contributed by atoms with Gasteiger partial charge in [0.05, 0.1) is 13.7 Å². The molecule has 0 aromatic heterocycles. The Balaban J connectivity index is 1.77. The molecule has 3 nitrogen and oxygen atoms in total. The standard InChI is InChI=1S/C29H35NO2Si/c1-29(2)18-20-30(19-7-21-33(4,5)6)27-16-14-25(22-26(27)29)13-12-23-8-10-24(11-9-23)15-17-28(31)32-3/h8-11,14,16,22H,15,17-20H2,1-6H3. The van der Waals surface area contributed by atoms with E-state index in [-0.39, 0.29) is 11.4 Å². The summed E-state index contributed by atoms with van der Waals surface area (Å²) in [5.74, 6) is 9.88. The van der Waals surface area contributed by atoms with Crippen LogP contribution in [0, 0.1) is 23.3 Å². The molecule has 0 amide bonds. The third kappa shape index (κ3) is 7.01. The minimum Gasteiger partial charge on any atom is -0.469 e. The zero-order valence-electron chi connectivity index (χ0n) is 20.8. The molecule has 0 bridgehead atoms. The van der Waals surface area contributed by atoms with Crippen molar-refractivity contribution in [1.29, 1.82) is 0 Å². The first-order valence-corrected chi connectivity index (χ1v) is 15.1. The SMILES string of the molecule is COC(=O)CCc1ccc(C#Cc2ccc3c(c2)C(C)(C)CCN3CC#C[Si](C)(C)C)cc1. The zero-order chi connectivity index (χ0) is 24.1. The number of ether oxygens (including phenoxy) is 1. The van der Waals surface area contributed by atoms with Crippen molar-refractivity contribution in [1.82, 2.24) is 0 Å². The van der Waals surface area contributed by atoms with Gasteiger partial charge in [-0.1, -0.05) is 63.4 Å². The molecule has 1 heterocycles. The van der Waals surface area contributed by atoms with Crippen LogP contribution in [0.25, 0.3) is 0 Å². The second kappa shape index (κ2) is 10.3. The van der Waals surface area contributed by atoms with Crippen LogP contribution in [-0.2, 0) is 21.4 Å². The lowest BCUT2D eigenvalue weighted by Crippen LogP contribution is -2.37. The molecule has 1 aliphatic rings. The van der Waals surface area contributed by atoms with E-state index in [4.69, 9.17) is 4.74 Å². The van der Waals surface area contributed by atoms with E-state index in [1.54, 1.807) is 0 Å². The monoisotopic (exact) mass is 457 g/mol. The maximum Gasteiger partial charge on any atom is 0.305 e. The number of hydrogen-bond acceptors (Lipinski definition) is 3. The molecule has 33 heavy (non-hydrogen) atoms. The van der Waals surface area contributed by atoms with Gasteiger partial charge in [0.25, 0.3) is 0 Å². The summed E-state index contributed by atoms with van der Waals surface area (Å²) in [5, 5.41) is 0. The normalized spacial score (nSPS) is 14.3. The van der Waals surface area contributed by atoms with E-state index >= 15 is 0 Å². The molecule has 0 aliphatic carbocycles. The number of anilines is 1. The minimum absolute atomic E-state index is 0.122. The molecule has 0 spiro atoms. The number of nitrogens with zero attached hydrogens (tertiary/aromatic N) is 1.